The fraction of sp³-hybridized carbons (Fsp3) is 0.889. The average Bonchev–Trinajstić information content (AvgIpc) is 2.80. The molecular formula is C27H56N2O6. The zero-order valence-corrected chi connectivity index (χ0v) is 22.5. The van der Waals surface area contributed by atoms with E-state index in [1.54, 1.807) is 0 Å². The number of unbranched alkanes of at least 4 members (excludes halogenated alkanes) is 15. The number of hydrogen-bond donors (Lipinski definition) is 5. The molecule has 0 amide bonds. The Hall–Kier alpha value is -1.67. The Labute approximate surface area is 214 Å². The van der Waals surface area contributed by atoms with Crippen LogP contribution in [0.1, 0.15) is 142 Å². The fourth-order valence-electron chi connectivity index (χ4n) is 3.31. The van der Waals surface area contributed by atoms with Crippen molar-refractivity contribution in [3.05, 3.63) is 0 Å². The molecule has 0 radical (unpaired) electrons. The highest BCUT2D eigenvalue weighted by Gasteiger charge is 1.98. The van der Waals surface area contributed by atoms with E-state index in [1.807, 2.05) is 0 Å². The molecule has 0 bridgehead atoms. The number of aliphatic carboxylic acids is 3. The lowest BCUT2D eigenvalue weighted by Crippen LogP contribution is -2.00. The summed E-state index contributed by atoms with van der Waals surface area (Å²) in [6.07, 6.45) is 20.7. The van der Waals surface area contributed by atoms with Gasteiger partial charge in [-0.1, -0.05) is 90.4 Å². The van der Waals surface area contributed by atoms with Gasteiger partial charge in [-0.3, -0.25) is 14.4 Å². The third kappa shape index (κ3) is 50.2. The summed E-state index contributed by atoms with van der Waals surface area (Å²) in [5, 5.41) is 25.1. The summed E-state index contributed by atoms with van der Waals surface area (Å²) in [6.45, 7) is 3.86. The number of carbonyl (C=O) groups is 3. The number of nitrogens with two attached hydrogens (primary N) is 2. The molecule has 0 atom stereocenters. The molecule has 0 saturated heterocycles. The van der Waals surface area contributed by atoms with E-state index in [2.05, 4.69) is 6.92 Å². The molecule has 7 N–H and O–H groups in total. The summed E-state index contributed by atoms with van der Waals surface area (Å²) in [5.41, 5.74) is 10.6. The summed E-state index contributed by atoms with van der Waals surface area (Å²) in [5.74, 6) is -2.14. The fourth-order valence-corrected chi connectivity index (χ4v) is 3.31. The van der Waals surface area contributed by atoms with E-state index in [1.165, 1.54) is 51.4 Å². The van der Waals surface area contributed by atoms with Gasteiger partial charge in [0, 0.05) is 19.3 Å². The van der Waals surface area contributed by atoms with Crippen LogP contribution in [0.4, 0.5) is 0 Å². The summed E-state index contributed by atoms with van der Waals surface area (Å²) in [6, 6.07) is 0. The van der Waals surface area contributed by atoms with E-state index in [-0.39, 0.29) is 12.8 Å². The summed E-state index contributed by atoms with van der Waals surface area (Å²) in [4.78, 5) is 30.5. The minimum atomic E-state index is -0.740. The maximum absolute atomic E-state index is 10.2. The van der Waals surface area contributed by atoms with Crippen molar-refractivity contribution in [3.8, 4) is 0 Å². The second kappa shape index (κ2) is 34.5. The molecule has 0 spiro atoms. The van der Waals surface area contributed by atoms with Crippen LogP contribution in [0.5, 0.6) is 0 Å². The Morgan fingerprint density at radius 3 is 0.886 bits per heavy atom. The highest BCUT2D eigenvalue weighted by atomic mass is 16.4. The summed E-state index contributed by atoms with van der Waals surface area (Å²) < 4.78 is 0. The van der Waals surface area contributed by atoms with Crippen LogP contribution < -0.4 is 11.5 Å². The largest absolute Gasteiger partial charge is 0.481 e. The van der Waals surface area contributed by atoms with Crippen molar-refractivity contribution in [2.24, 2.45) is 11.5 Å². The number of rotatable bonds is 23. The van der Waals surface area contributed by atoms with E-state index in [4.69, 9.17) is 26.8 Å². The number of carboxylic acids is 3. The van der Waals surface area contributed by atoms with Crippen LogP contribution in [0.2, 0.25) is 0 Å². The monoisotopic (exact) mass is 504 g/mol. The van der Waals surface area contributed by atoms with Gasteiger partial charge in [-0.2, -0.15) is 0 Å². The molecule has 0 heterocycles. The molecule has 210 valence electrons. The lowest BCUT2D eigenvalue weighted by atomic mass is 10.1. The molecule has 0 aliphatic heterocycles. The molecule has 0 aliphatic carbocycles. The summed E-state index contributed by atoms with van der Waals surface area (Å²) >= 11 is 0. The normalized spacial score (nSPS) is 10.0. The van der Waals surface area contributed by atoms with E-state index in [0.717, 1.165) is 77.3 Å². The zero-order valence-electron chi connectivity index (χ0n) is 22.5. The Morgan fingerprint density at radius 2 is 0.657 bits per heavy atom. The third-order valence-electron chi connectivity index (χ3n) is 5.43. The van der Waals surface area contributed by atoms with Crippen molar-refractivity contribution in [3.63, 3.8) is 0 Å². The molecule has 0 aromatic carbocycles. The molecule has 0 fully saturated rings. The maximum atomic E-state index is 10.2. The lowest BCUT2D eigenvalue weighted by molar-refractivity contribution is -0.138. The van der Waals surface area contributed by atoms with Crippen LogP contribution in [0.15, 0.2) is 0 Å². The Kier molecular flexibility index (Phi) is 37.3. The smallest absolute Gasteiger partial charge is 0.303 e. The number of carboxylic acid groups (broad SMARTS) is 3. The van der Waals surface area contributed by atoms with Gasteiger partial charge in [0.15, 0.2) is 0 Å². The molecule has 0 rings (SSSR count). The van der Waals surface area contributed by atoms with Crippen molar-refractivity contribution in [2.45, 2.75) is 142 Å². The number of hydrogen-bond acceptors (Lipinski definition) is 5. The van der Waals surface area contributed by atoms with E-state index in [9.17, 15) is 14.4 Å². The van der Waals surface area contributed by atoms with Gasteiger partial charge >= 0.3 is 17.9 Å². The molecule has 0 aromatic rings. The van der Waals surface area contributed by atoms with Crippen LogP contribution in [-0.4, -0.2) is 46.3 Å². The standard InChI is InChI=1S/C11H22O2.C10H18O4.C6H16N2/c1-2-3-4-5-6-7-8-9-10-11(12)13;11-9(12)7-5-3-1-2-4-6-8-10(13)14;7-5-3-1-2-4-6-8/h2-10H2,1H3,(H,12,13);1-8H2,(H,11,12)(H,13,14);1-8H2. The quantitative estimate of drug-likeness (QED) is 0.101. The first-order valence-corrected chi connectivity index (χ1v) is 13.9. The van der Waals surface area contributed by atoms with E-state index in [0.29, 0.717) is 6.42 Å². The molecule has 35 heavy (non-hydrogen) atoms. The predicted molar refractivity (Wildman–Crippen MR) is 144 cm³/mol. The predicted octanol–water partition coefficient (Wildman–Crippen LogP) is 6.34. The minimum absolute atomic E-state index is 0.245. The van der Waals surface area contributed by atoms with Crippen molar-refractivity contribution in [2.75, 3.05) is 13.1 Å². The Bertz CT molecular complexity index is 435. The van der Waals surface area contributed by atoms with Crippen LogP contribution in [-0.2, 0) is 14.4 Å². The second-order valence-corrected chi connectivity index (χ2v) is 9.02. The first kappa shape index (κ1) is 37.9. The van der Waals surface area contributed by atoms with Gasteiger partial charge in [-0.15, -0.1) is 0 Å². The lowest BCUT2D eigenvalue weighted by Gasteiger charge is -1.99. The van der Waals surface area contributed by atoms with Gasteiger partial charge < -0.3 is 26.8 Å². The molecule has 0 aromatic heterocycles. The Balaban J connectivity index is -0.000000456. The van der Waals surface area contributed by atoms with Crippen LogP contribution in [0.3, 0.4) is 0 Å². The van der Waals surface area contributed by atoms with Crippen LogP contribution in [0.25, 0.3) is 0 Å². The van der Waals surface area contributed by atoms with Gasteiger partial charge in [0.1, 0.15) is 0 Å². The van der Waals surface area contributed by atoms with Crippen molar-refractivity contribution in [1.29, 1.82) is 0 Å². The SMILES string of the molecule is CCCCCCCCCCC(=O)O.NCCCCCCN.O=C(O)CCCCCCCCC(=O)O. The molecule has 0 aliphatic rings. The third-order valence-corrected chi connectivity index (χ3v) is 5.43. The first-order valence-electron chi connectivity index (χ1n) is 13.9. The van der Waals surface area contributed by atoms with Crippen molar-refractivity contribution < 1.29 is 29.7 Å². The molecule has 8 heteroatoms. The topological polar surface area (TPSA) is 164 Å². The second-order valence-electron chi connectivity index (χ2n) is 9.02. The highest BCUT2D eigenvalue weighted by molar-refractivity contribution is 5.67. The first-order chi connectivity index (χ1) is 16.8. The molecular weight excluding hydrogens is 448 g/mol. The van der Waals surface area contributed by atoms with Gasteiger partial charge in [0.05, 0.1) is 0 Å². The van der Waals surface area contributed by atoms with E-state index >= 15 is 0 Å². The molecule has 0 saturated carbocycles. The van der Waals surface area contributed by atoms with Gasteiger partial charge in [0.25, 0.3) is 0 Å². The molecule has 0 unspecified atom stereocenters. The van der Waals surface area contributed by atoms with E-state index < -0.39 is 17.9 Å². The zero-order chi connectivity index (χ0) is 27.0. The Morgan fingerprint density at radius 1 is 0.429 bits per heavy atom. The maximum Gasteiger partial charge on any atom is 0.303 e. The average molecular weight is 505 g/mol. The van der Waals surface area contributed by atoms with Crippen LogP contribution in [0, 0.1) is 0 Å². The highest BCUT2D eigenvalue weighted by Crippen LogP contribution is 2.09. The molecule has 8 nitrogen and oxygen atoms in total. The van der Waals surface area contributed by atoms with Crippen molar-refractivity contribution >= 4 is 17.9 Å². The van der Waals surface area contributed by atoms with Crippen molar-refractivity contribution in [1.82, 2.24) is 0 Å². The van der Waals surface area contributed by atoms with Gasteiger partial charge in [-0.25, -0.2) is 0 Å². The van der Waals surface area contributed by atoms with Crippen LogP contribution >= 0.6 is 0 Å². The minimum Gasteiger partial charge on any atom is -0.481 e. The van der Waals surface area contributed by atoms with Gasteiger partial charge in [-0.05, 0) is 45.2 Å². The van der Waals surface area contributed by atoms with Gasteiger partial charge in [0.2, 0.25) is 0 Å². The summed E-state index contributed by atoms with van der Waals surface area (Å²) in [7, 11) is 0.